The summed E-state index contributed by atoms with van der Waals surface area (Å²) in [7, 11) is 5.99. The normalized spacial score (nSPS) is 13.2. The van der Waals surface area contributed by atoms with E-state index in [0.717, 1.165) is 109 Å². The van der Waals surface area contributed by atoms with Crippen LogP contribution in [0.3, 0.4) is 0 Å². The zero-order chi connectivity index (χ0) is 74.6. The van der Waals surface area contributed by atoms with Crippen molar-refractivity contribution in [3.63, 3.8) is 0 Å². The second kappa shape index (κ2) is 83.3. The van der Waals surface area contributed by atoms with Crippen LogP contribution in [0.5, 0.6) is 0 Å². The number of ether oxygens (including phenoxy) is 4. The Morgan fingerprint density at radius 1 is 0.301 bits per heavy atom. The molecule has 594 valence electrons. The van der Waals surface area contributed by atoms with Crippen LogP contribution >= 0.6 is 0 Å². The van der Waals surface area contributed by atoms with Gasteiger partial charge in [0.15, 0.2) is 6.10 Å². The van der Waals surface area contributed by atoms with Crippen LogP contribution in [0.1, 0.15) is 399 Å². The van der Waals surface area contributed by atoms with E-state index in [-0.39, 0.29) is 32.2 Å². The maximum absolute atomic E-state index is 13.0. The molecule has 1 N–H and O–H groups in total. The third-order valence-electron chi connectivity index (χ3n) is 19.2. The Morgan fingerprint density at radius 2 is 0.553 bits per heavy atom. The number of carboxylic acids is 1. The molecule has 0 heterocycles. The van der Waals surface area contributed by atoms with Crippen molar-refractivity contribution in [3.8, 4) is 0 Å². The molecule has 0 fully saturated rings. The average molecular weight is 1440 g/mol. The summed E-state index contributed by atoms with van der Waals surface area (Å²) in [5.41, 5.74) is 0. The molecule has 2 atom stereocenters. The van der Waals surface area contributed by atoms with Crippen LogP contribution in [0.25, 0.3) is 0 Å². The van der Waals surface area contributed by atoms with Crippen molar-refractivity contribution in [2.24, 2.45) is 0 Å². The quantitative estimate of drug-likeness (QED) is 0.0211. The van der Waals surface area contributed by atoms with Crippen molar-refractivity contribution in [1.82, 2.24) is 0 Å². The summed E-state index contributed by atoms with van der Waals surface area (Å²) in [5, 5.41) is 9.79. The van der Waals surface area contributed by atoms with E-state index in [4.69, 9.17) is 18.9 Å². The van der Waals surface area contributed by atoms with Crippen LogP contribution in [-0.4, -0.2) is 87.4 Å². The van der Waals surface area contributed by atoms with Crippen molar-refractivity contribution in [1.29, 1.82) is 0 Å². The summed E-state index contributed by atoms with van der Waals surface area (Å²) in [4.78, 5) is 37.8. The summed E-state index contributed by atoms with van der Waals surface area (Å²) < 4.78 is 23.1. The number of carbonyl (C=O) groups is 3. The molecule has 9 heteroatoms. The van der Waals surface area contributed by atoms with Gasteiger partial charge in [-0.2, -0.15) is 0 Å². The third kappa shape index (κ3) is 84.8. The van der Waals surface area contributed by atoms with Crippen molar-refractivity contribution >= 4 is 17.9 Å². The highest BCUT2D eigenvalue weighted by Crippen LogP contribution is 2.20. The first-order chi connectivity index (χ1) is 50.6. The minimum absolute atomic E-state index is 0.184. The lowest BCUT2D eigenvalue weighted by atomic mass is 10.0. The van der Waals surface area contributed by atoms with Crippen molar-refractivity contribution in [3.05, 3.63) is 122 Å². The molecule has 0 radical (unpaired) electrons. The SMILES string of the molecule is CC/C=C\C/C=C\C/C=C\C/C=C\C/C=C\C/C=C\C/C=C\C/C=C\C/C=C\C/C=C\CCCCCCCCCCCCC(=O)OC(COC(=O)CCCCCCCCCCCCCCCCCCCCCCCCCCCCCCCCCCCCCCC)COC(OCC[N+](C)(C)C)C(=O)O. The largest absolute Gasteiger partial charge is 0.477 e. The number of quaternary nitrogens is 1. The lowest BCUT2D eigenvalue weighted by molar-refractivity contribution is -0.870. The van der Waals surface area contributed by atoms with Gasteiger partial charge in [-0.15, -0.1) is 0 Å². The van der Waals surface area contributed by atoms with E-state index in [9.17, 15) is 19.5 Å². The maximum atomic E-state index is 13.0. The number of unbranched alkanes of at least 4 members (excludes halogenated alkanes) is 46. The number of rotatable bonds is 81. The third-order valence-corrected chi connectivity index (χ3v) is 19.2. The van der Waals surface area contributed by atoms with Gasteiger partial charge < -0.3 is 28.5 Å². The minimum Gasteiger partial charge on any atom is -0.477 e. The molecule has 0 aromatic heterocycles. The predicted octanol–water partition coefficient (Wildman–Crippen LogP) is 28.6. The molecule has 2 unspecified atom stereocenters. The first-order valence-corrected chi connectivity index (χ1v) is 43.7. The molecule has 0 aliphatic rings. The Morgan fingerprint density at radius 3 is 0.825 bits per heavy atom. The Bertz CT molecular complexity index is 2120. The van der Waals surface area contributed by atoms with Crippen molar-refractivity contribution in [2.75, 3.05) is 47.5 Å². The van der Waals surface area contributed by atoms with Crippen LogP contribution in [0, 0.1) is 0 Å². The summed E-state index contributed by atoms with van der Waals surface area (Å²) in [6.07, 6.45) is 117. The van der Waals surface area contributed by atoms with E-state index in [1.807, 2.05) is 21.1 Å². The number of hydrogen-bond acceptors (Lipinski definition) is 7. The lowest BCUT2D eigenvalue weighted by Crippen LogP contribution is -2.40. The molecule has 0 saturated carbocycles. The second-order valence-electron chi connectivity index (χ2n) is 30.5. The monoisotopic (exact) mass is 1440 g/mol. The molecule has 0 spiro atoms. The molecule has 0 saturated heterocycles. The van der Waals surface area contributed by atoms with Gasteiger partial charge in [-0.25, -0.2) is 4.79 Å². The summed E-state index contributed by atoms with van der Waals surface area (Å²) in [5.74, 6) is -2.00. The van der Waals surface area contributed by atoms with Crippen LogP contribution in [0.4, 0.5) is 0 Å². The van der Waals surface area contributed by atoms with E-state index in [1.54, 1.807) is 0 Å². The lowest BCUT2D eigenvalue weighted by Gasteiger charge is -2.25. The number of esters is 2. The Kier molecular flexibility index (Phi) is 79.8. The van der Waals surface area contributed by atoms with E-state index in [0.29, 0.717) is 23.9 Å². The number of likely N-dealkylation sites (N-methyl/N-ethyl adjacent to an activating group) is 1. The zero-order valence-electron chi connectivity index (χ0n) is 68.2. The molecule has 0 rings (SSSR count). The van der Waals surface area contributed by atoms with Gasteiger partial charge in [0.2, 0.25) is 0 Å². The zero-order valence-corrected chi connectivity index (χ0v) is 68.2. The van der Waals surface area contributed by atoms with Crippen LogP contribution < -0.4 is 0 Å². The molecule has 0 bridgehead atoms. The standard InChI is InChI=1S/C94H165NO8/c1-6-8-10-12-14-16-18-20-22-24-26-28-30-32-34-36-38-40-42-44-45-46-47-49-51-53-55-57-59-61-63-65-67-69-71-73-75-77-79-81-83-85-92(97)103-90(89-102-94(93(98)99)100-87-86-95(3,4)5)88-101-91(96)84-82-80-78-76-74-72-70-68-66-64-62-60-58-56-54-52-50-48-43-41-39-37-35-33-31-29-27-25-23-21-19-17-15-13-11-9-7-2/h8,10,14,16,20,22,26,28,32,34,38,40,44-45,47,49,53,55,59,61,90,94H,6-7,9,11-13,15,17-19,21,23-25,27,29-31,33,35-37,39,41-43,46,48,50-52,54,56-58,60,62-89H2,1-5H3/p+1/b10-8-,16-14-,22-20-,28-26-,34-32-,40-38-,45-44-,49-47-,55-53-,61-59-. The Labute approximate surface area is 637 Å². The van der Waals surface area contributed by atoms with E-state index >= 15 is 0 Å². The molecule has 9 nitrogen and oxygen atoms in total. The van der Waals surface area contributed by atoms with Gasteiger partial charge in [0.25, 0.3) is 6.29 Å². The van der Waals surface area contributed by atoms with Crippen molar-refractivity contribution < 1.29 is 42.9 Å². The molecule has 0 amide bonds. The molecule has 103 heavy (non-hydrogen) atoms. The van der Waals surface area contributed by atoms with Gasteiger partial charge in [-0.05, 0) is 89.9 Å². The fourth-order valence-electron chi connectivity index (χ4n) is 12.6. The van der Waals surface area contributed by atoms with Gasteiger partial charge in [-0.3, -0.25) is 9.59 Å². The maximum Gasteiger partial charge on any atom is 0.361 e. The highest BCUT2D eigenvalue weighted by Gasteiger charge is 2.25. The number of hydrogen-bond donors (Lipinski definition) is 1. The number of carboxylic acid groups (broad SMARTS) is 1. The van der Waals surface area contributed by atoms with Crippen molar-refractivity contribution in [2.45, 2.75) is 411 Å². The van der Waals surface area contributed by atoms with Crippen LogP contribution in [0.2, 0.25) is 0 Å². The smallest absolute Gasteiger partial charge is 0.361 e. The van der Waals surface area contributed by atoms with Gasteiger partial charge in [0.05, 0.1) is 34.4 Å². The van der Waals surface area contributed by atoms with Gasteiger partial charge >= 0.3 is 17.9 Å². The number of aliphatic carboxylic acids is 1. The second-order valence-corrected chi connectivity index (χ2v) is 30.5. The first-order valence-electron chi connectivity index (χ1n) is 43.7. The Balaban J connectivity index is 4.01. The molecule has 0 aromatic carbocycles. The first kappa shape index (κ1) is 98.7. The van der Waals surface area contributed by atoms with Crippen LogP contribution in [-0.2, 0) is 33.3 Å². The van der Waals surface area contributed by atoms with E-state index in [2.05, 4.69) is 135 Å². The number of carbonyl (C=O) groups excluding carboxylic acids is 2. The van der Waals surface area contributed by atoms with Gasteiger partial charge in [0, 0.05) is 12.8 Å². The number of nitrogens with zero attached hydrogens (tertiary/aromatic N) is 1. The Hall–Kier alpha value is -4.31. The summed E-state index contributed by atoms with van der Waals surface area (Å²) in [6.45, 7) is 4.81. The van der Waals surface area contributed by atoms with E-state index < -0.39 is 24.3 Å². The predicted molar refractivity (Wildman–Crippen MR) is 447 cm³/mol. The highest BCUT2D eigenvalue weighted by atomic mass is 16.7. The average Bonchev–Trinajstić information content (AvgIpc) is 1.01. The molecule has 0 aromatic rings. The molecule has 0 aliphatic heterocycles. The minimum atomic E-state index is -1.52. The number of allylic oxidation sites excluding steroid dienone is 20. The molecular weight excluding hydrogens is 1270 g/mol. The fourth-order valence-corrected chi connectivity index (χ4v) is 12.6. The highest BCUT2D eigenvalue weighted by molar-refractivity contribution is 5.71. The van der Waals surface area contributed by atoms with Gasteiger partial charge in [0.1, 0.15) is 13.2 Å². The molecular formula is C94H166NO8+. The summed E-state index contributed by atoms with van der Waals surface area (Å²) in [6, 6.07) is 0. The molecule has 0 aliphatic carbocycles. The summed E-state index contributed by atoms with van der Waals surface area (Å²) >= 11 is 0. The van der Waals surface area contributed by atoms with E-state index in [1.165, 1.54) is 257 Å². The fraction of sp³-hybridized carbons (Fsp3) is 0.755. The van der Waals surface area contributed by atoms with Crippen LogP contribution in [0.15, 0.2) is 122 Å². The van der Waals surface area contributed by atoms with Gasteiger partial charge in [-0.1, -0.05) is 418 Å². The topological polar surface area (TPSA) is 108 Å².